The molecule has 4 heteroatoms. The highest BCUT2D eigenvalue weighted by atomic mass is 16.5. The number of carbonyl (C=O) groups excluding carboxylic acids is 2. The fraction of sp³-hybridized carbons (Fsp3) is 0.562. The van der Waals surface area contributed by atoms with Crippen molar-refractivity contribution >= 4 is 11.8 Å². The van der Waals surface area contributed by atoms with Gasteiger partial charge in [0.15, 0.2) is 0 Å². The Bertz CT molecular complexity index is 1080. The minimum atomic E-state index is -0.210. The molecule has 5 atom stereocenters. The number of ether oxygens (including phenoxy) is 2. The Morgan fingerprint density at radius 1 is 1.03 bits per heavy atom. The first-order valence-corrected chi connectivity index (χ1v) is 14.0. The van der Waals surface area contributed by atoms with E-state index in [1.165, 1.54) is 30.0 Å². The van der Waals surface area contributed by atoms with Gasteiger partial charge in [-0.2, -0.15) is 0 Å². The average Bonchev–Trinajstić information content (AvgIpc) is 3.19. The second-order valence-corrected chi connectivity index (χ2v) is 11.4. The zero-order valence-corrected chi connectivity index (χ0v) is 21.8. The van der Waals surface area contributed by atoms with Crippen molar-refractivity contribution in [3.63, 3.8) is 0 Å². The van der Waals surface area contributed by atoms with E-state index < -0.39 is 0 Å². The van der Waals surface area contributed by atoms with Crippen LogP contribution in [0.1, 0.15) is 100 Å². The molecule has 4 nitrogen and oxygen atoms in total. The van der Waals surface area contributed by atoms with Gasteiger partial charge >= 0.3 is 5.97 Å². The zero-order chi connectivity index (χ0) is 25.1. The van der Waals surface area contributed by atoms with Crippen LogP contribution in [0.5, 0.6) is 5.75 Å². The largest absolute Gasteiger partial charge is 0.486 e. The van der Waals surface area contributed by atoms with Gasteiger partial charge in [0.2, 0.25) is 0 Å². The van der Waals surface area contributed by atoms with Crippen LogP contribution in [0.15, 0.2) is 48.5 Å². The van der Waals surface area contributed by atoms with Gasteiger partial charge in [-0.15, -0.1) is 0 Å². The number of unbranched alkanes of at least 4 members (excludes halogenated alkanes) is 2. The summed E-state index contributed by atoms with van der Waals surface area (Å²) in [5, 5.41) is 0. The predicted molar refractivity (Wildman–Crippen MR) is 141 cm³/mol. The van der Waals surface area contributed by atoms with Crippen LogP contribution < -0.4 is 4.74 Å². The molecule has 2 saturated carbocycles. The van der Waals surface area contributed by atoms with E-state index in [4.69, 9.17) is 9.47 Å². The van der Waals surface area contributed by atoms with Crippen molar-refractivity contribution < 1.29 is 19.1 Å². The van der Waals surface area contributed by atoms with Crippen molar-refractivity contribution in [3.05, 3.63) is 65.2 Å². The molecule has 5 rings (SSSR count). The van der Waals surface area contributed by atoms with Crippen molar-refractivity contribution in [1.82, 2.24) is 0 Å². The molecule has 0 heterocycles. The molecule has 0 radical (unpaired) electrons. The van der Waals surface area contributed by atoms with E-state index in [0.29, 0.717) is 30.1 Å². The summed E-state index contributed by atoms with van der Waals surface area (Å²) in [5.74, 6) is 3.07. The number of aryl methyl sites for hydroxylation is 1. The lowest BCUT2D eigenvalue weighted by molar-refractivity contribution is -0.141. The van der Waals surface area contributed by atoms with Gasteiger partial charge in [0.25, 0.3) is 0 Å². The first kappa shape index (κ1) is 25.0. The summed E-state index contributed by atoms with van der Waals surface area (Å²) in [5.41, 5.74) is 4.08. The molecule has 0 bridgehead atoms. The third-order valence-corrected chi connectivity index (χ3v) is 9.27. The Balaban J connectivity index is 1.26. The topological polar surface area (TPSA) is 52.6 Å². The number of esters is 1. The molecule has 0 aromatic heterocycles. The van der Waals surface area contributed by atoms with Gasteiger partial charge in [-0.1, -0.05) is 43.3 Å². The van der Waals surface area contributed by atoms with Crippen LogP contribution in [0.2, 0.25) is 0 Å². The summed E-state index contributed by atoms with van der Waals surface area (Å²) >= 11 is 0. The Kier molecular flexibility index (Phi) is 7.50. The molecule has 3 aliphatic carbocycles. The number of fused-ring (bicyclic) bond motifs is 5. The fourth-order valence-electron chi connectivity index (χ4n) is 7.35. The Morgan fingerprint density at radius 3 is 2.67 bits per heavy atom. The molecule has 0 spiro atoms. The molecule has 2 aromatic rings. The van der Waals surface area contributed by atoms with E-state index in [0.717, 1.165) is 63.5 Å². The molecule has 36 heavy (non-hydrogen) atoms. The first-order chi connectivity index (χ1) is 17.5. The highest BCUT2D eigenvalue weighted by Gasteiger charge is 2.54. The maximum absolute atomic E-state index is 12.6. The third-order valence-electron chi connectivity index (χ3n) is 9.27. The summed E-state index contributed by atoms with van der Waals surface area (Å²) in [4.78, 5) is 23.6. The summed E-state index contributed by atoms with van der Waals surface area (Å²) in [6.45, 7) is 4.20. The maximum atomic E-state index is 12.6. The van der Waals surface area contributed by atoms with Crippen molar-refractivity contribution in [3.8, 4) is 5.75 Å². The van der Waals surface area contributed by atoms with Crippen molar-refractivity contribution in [2.45, 2.75) is 90.1 Å². The van der Waals surface area contributed by atoms with Crippen LogP contribution in [0.25, 0.3) is 0 Å². The van der Waals surface area contributed by atoms with E-state index >= 15 is 0 Å². The number of carbonyl (C=O) groups is 2. The quantitative estimate of drug-likeness (QED) is 0.273. The lowest BCUT2D eigenvalue weighted by atomic mass is 9.55. The van der Waals surface area contributed by atoms with E-state index in [-0.39, 0.29) is 17.5 Å². The number of Topliss-reactive ketones (excluding diaryl/α,β-unsaturated/α-hetero) is 1. The van der Waals surface area contributed by atoms with Crippen LogP contribution in [0, 0.1) is 17.3 Å². The lowest BCUT2D eigenvalue weighted by Gasteiger charge is -2.48. The smallest absolute Gasteiger partial charge is 0.302 e. The molecule has 0 aliphatic heterocycles. The van der Waals surface area contributed by atoms with Crippen molar-refractivity contribution in [1.29, 1.82) is 0 Å². The molecule has 0 saturated heterocycles. The fourth-order valence-corrected chi connectivity index (χ4v) is 7.35. The molecule has 0 N–H and O–H groups in total. The SMILES string of the molecule is CC(=O)OCCCCCC(Oc1ccc2c(c1)CC[C@@H]1[C@@H]2CC[C@]2(C)C(=O)CC[C@@H]12)c1ccccc1. The van der Waals surface area contributed by atoms with Gasteiger partial charge in [-0.3, -0.25) is 9.59 Å². The van der Waals surface area contributed by atoms with Crippen LogP contribution in [-0.2, 0) is 20.7 Å². The predicted octanol–water partition coefficient (Wildman–Crippen LogP) is 7.36. The average molecular weight is 489 g/mol. The Morgan fingerprint density at radius 2 is 1.86 bits per heavy atom. The number of hydrogen-bond acceptors (Lipinski definition) is 4. The Labute approximate surface area is 215 Å². The van der Waals surface area contributed by atoms with E-state index in [2.05, 4.69) is 49.4 Å². The number of benzene rings is 2. The molecular weight excluding hydrogens is 448 g/mol. The maximum Gasteiger partial charge on any atom is 0.302 e. The summed E-state index contributed by atoms with van der Waals surface area (Å²) in [6, 6.07) is 17.3. The Hall–Kier alpha value is -2.62. The zero-order valence-electron chi connectivity index (χ0n) is 21.8. The highest BCUT2D eigenvalue weighted by Crippen LogP contribution is 2.59. The monoisotopic (exact) mass is 488 g/mol. The van der Waals surface area contributed by atoms with Crippen LogP contribution in [0.4, 0.5) is 0 Å². The number of ketones is 1. The number of rotatable bonds is 9. The van der Waals surface area contributed by atoms with Gasteiger partial charge in [-0.25, -0.2) is 0 Å². The first-order valence-electron chi connectivity index (χ1n) is 14.0. The standard InChI is InChI=1S/C32H40O4/c1-22(33)35-20-8-4-7-11-30(23-9-5-3-6-10-23)36-25-13-15-26-24(21-25)12-14-28-27(26)18-19-32(2)29(28)16-17-31(32)34/h3,5-6,9-10,13,15,21,27-30H,4,7-8,11-12,14,16-20H2,1-2H3/t27-,28-,29+,30?,32+/m1/s1. The molecular formula is C32H40O4. The van der Waals surface area contributed by atoms with Gasteiger partial charge in [0, 0.05) is 18.8 Å². The van der Waals surface area contributed by atoms with E-state index in [9.17, 15) is 9.59 Å². The van der Waals surface area contributed by atoms with Crippen LogP contribution in [0.3, 0.4) is 0 Å². The minimum Gasteiger partial charge on any atom is -0.486 e. The number of hydrogen-bond donors (Lipinski definition) is 0. The minimum absolute atomic E-state index is 0.00852. The molecule has 3 aliphatic rings. The van der Waals surface area contributed by atoms with Crippen LogP contribution in [-0.4, -0.2) is 18.4 Å². The third kappa shape index (κ3) is 5.10. The van der Waals surface area contributed by atoms with Crippen LogP contribution >= 0.6 is 0 Å². The molecule has 0 amide bonds. The van der Waals surface area contributed by atoms with Gasteiger partial charge in [-0.05, 0) is 104 Å². The summed E-state index contributed by atoms with van der Waals surface area (Å²) in [7, 11) is 0. The van der Waals surface area contributed by atoms with Gasteiger partial charge < -0.3 is 9.47 Å². The molecule has 2 aromatic carbocycles. The second-order valence-electron chi connectivity index (χ2n) is 11.4. The second kappa shape index (κ2) is 10.8. The summed E-state index contributed by atoms with van der Waals surface area (Å²) in [6.07, 6.45) is 10.2. The summed E-state index contributed by atoms with van der Waals surface area (Å²) < 4.78 is 11.7. The van der Waals surface area contributed by atoms with E-state index in [1.54, 1.807) is 0 Å². The van der Waals surface area contributed by atoms with Gasteiger partial charge in [0.05, 0.1) is 6.61 Å². The van der Waals surface area contributed by atoms with E-state index in [1.807, 2.05) is 6.07 Å². The normalized spacial score (nSPS) is 27.5. The molecule has 2 fully saturated rings. The van der Waals surface area contributed by atoms with Crippen molar-refractivity contribution in [2.75, 3.05) is 6.61 Å². The van der Waals surface area contributed by atoms with Crippen molar-refractivity contribution in [2.24, 2.45) is 17.3 Å². The molecule has 192 valence electrons. The van der Waals surface area contributed by atoms with Gasteiger partial charge in [0.1, 0.15) is 17.6 Å². The molecule has 1 unspecified atom stereocenters. The lowest BCUT2D eigenvalue weighted by Crippen LogP contribution is -2.42. The highest BCUT2D eigenvalue weighted by molar-refractivity contribution is 5.87.